The molecule has 0 saturated heterocycles. The quantitative estimate of drug-likeness (QED) is 0.186. The number of phosphoric acid groups is 1. The van der Waals surface area contributed by atoms with Gasteiger partial charge in [0, 0.05) is 72.6 Å². The molecule has 1 amide bonds. The minimum Gasteiger partial charge on any atom is -0.310 e. The lowest BCUT2D eigenvalue weighted by atomic mass is 10.0. The number of phosphoric ester groups is 1. The highest BCUT2D eigenvalue weighted by molar-refractivity contribution is 7.46. The molecule has 0 radical (unpaired) electrons. The van der Waals surface area contributed by atoms with Crippen LogP contribution in [0, 0.1) is 5.95 Å². The first kappa shape index (κ1) is 27.2. The molecule has 0 aromatic carbocycles. The average Bonchev–Trinajstić information content (AvgIpc) is 3.24. The van der Waals surface area contributed by atoms with Gasteiger partial charge >= 0.3 is 7.82 Å². The molecular formula is C25H26FN6O5P. The Labute approximate surface area is 218 Å². The SMILES string of the molecule is CN(C)CC=CC(=O)N(C)c1cncc(-c2cnc3c(c2)c(-c2ccnc(F)c2)cn3COP(=O)(O)O)c1. The van der Waals surface area contributed by atoms with Gasteiger partial charge in [0.25, 0.3) is 0 Å². The van der Waals surface area contributed by atoms with Crippen LogP contribution in [-0.2, 0) is 20.6 Å². The number of hydrogen-bond acceptors (Lipinski definition) is 7. The number of carbonyl (C=O) groups excluding carboxylic acids is 1. The van der Waals surface area contributed by atoms with Crippen molar-refractivity contribution in [3.05, 3.63) is 73.3 Å². The van der Waals surface area contributed by atoms with Crippen LogP contribution in [0.25, 0.3) is 33.3 Å². The summed E-state index contributed by atoms with van der Waals surface area (Å²) in [5.41, 5.74) is 3.36. The number of fused-ring (bicyclic) bond motifs is 1. The summed E-state index contributed by atoms with van der Waals surface area (Å²) in [6.45, 7) is 0.165. The van der Waals surface area contributed by atoms with Crippen LogP contribution in [0.5, 0.6) is 0 Å². The number of amides is 1. The molecule has 38 heavy (non-hydrogen) atoms. The molecule has 4 heterocycles. The summed E-state index contributed by atoms with van der Waals surface area (Å²) < 4.78 is 31.3. The number of halogens is 1. The minimum atomic E-state index is -4.74. The van der Waals surface area contributed by atoms with Crippen molar-refractivity contribution >= 4 is 30.5 Å². The predicted octanol–water partition coefficient (Wildman–Crippen LogP) is 3.45. The highest BCUT2D eigenvalue weighted by atomic mass is 31.2. The van der Waals surface area contributed by atoms with Crippen LogP contribution in [-0.4, -0.2) is 67.8 Å². The Balaban J connectivity index is 1.73. The summed E-state index contributed by atoms with van der Waals surface area (Å²) in [6.07, 6.45) is 11.0. The Morgan fingerprint density at radius 2 is 1.87 bits per heavy atom. The van der Waals surface area contributed by atoms with Gasteiger partial charge in [-0.1, -0.05) is 6.08 Å². The van der Waals surface area contributed by atoms with E-state index in [4.69, 9.17) is 9.79 Å². The molecule has 2 N–H and O–H groups in total. The summed E-state index contributed by atoms with van der Waals surface area (Å²) in [4.78, 5) is 46.7. The predicted molar refractivity (Wildman–Crippen MR) is 140 cm³/mol. The number of nitrogens with zero attached hydrogens (tertiary/aromatic N) is 6. The van der Waals surface area contributed by atoms with Gasteiger partial charge in [-0.05, 0) is 37.9 Å². The van der Waals surface area contributed by atoms with E-state index in [1.54, 1.807) is 50.0 Å². The molecule has 0 aliphatic heterocycles. The molecule has 0 saturated carbocycles. The summed E-state index contributed by atoms with van der Waals surface area (Å²) in [5.74, 6) is -0.883. The molecule has 0 fully saturated rings. The van der Waals surface area contributed by atoms with Crippen LogP contribution >= 0.6 is 7.82 Å². The van der Waals surface area contributed by atoms with Crippen LogP contribution in [0.2, 0.25) is 0 Å². The topological polar surface area (TPSA) is 134 Å². The fraction of sp³-hybridized carbons (Fsp3) is 0.200. The number of hydrogen-bond donors (Lipinski definition) is 2. The maximum Gasteiger partial charge on any atom is 0.471 e. The monoisotopic (exact) mass is 540 g/mol. The number of aromatic nitrogens is 4. The van der Waals surface area contributed by atoms with Gasteiger partial charge in [-0.25, -0.2) is 14.5 Å². The minimum absolute atomic E-state index is 0.205. The molecule has 0 aliphatic rings. The van der Waals surface area contributed by atoms with E-state index >= 15 is 0 Å². The fourth-order valence-electron chi connectivity index (χ4n) is 3.74. The van der Waals surface area contributed by atoms with Crippen LogP contribution in [0.3, 0.4) is 0 Å². The molecule has 0 aliphatic carbocycles. The second-order valence-electron chi connectivity index (χ2n) is 8.72. The Hall–Kier alpha value is -3.80. The summed E-state index contributed by atoms with van der Waals surface area (Å²) >= 11 is 0. The summed E-state index contributed by atoms with van der Waals surface area (Å²) in [7, 11) is 0.734. The van der Waals surface area contributed by atoms with E-state index in [-0.39, 0.29) is 5.91 Å². The smallest absolute Gasteiger partial charge is 0.310 e. The van der Waals surface area contributed by atoms with Crippen LogP contribution in [0.4, 0.5) is 10.1 Å². The third-order valence-corrected chi connectivity index (χ3v) is 6.07. The Kier molecular flexibility index (Phi) is 8.10. The highest BCUT2D eigenvalue weighted by Gasteiger charge is 2.19. The standard InChI is InChI=1S/C25H26FN6O5P/c1-30(2)8-4-5-24(33)31(3)20-9-18(12-27-14-20)19-10-21-22(17-6-7-28-23(26)11-17)15-32(25(21)29-13-19)16-37-38(34,35)36/h4-7,9-15H,8,16H2,1-3H3,(H2,34,35,36). The molecule has 0 unspecified atom stereocenters. The number of pyridine rings is 3. The van der Waals surface area contributed by atoms with Crippen molar-refractivity contribution in [3.63, 3.8) is 0 Å². The van der Waals surface area contributed by atoms with Crippen molar-refractivity contribution in [1.29, 1.82) is 0 Å². The molecule has 4 rings (SSSR count). The molecule has 0 bridgehead atoms. The molecule has 13 heteroatoms. The van der Waals surface area contributed by atoms with Gasteiger partial charge in [-0.2, -0.15) is 4.39 Å². The fourth-order valence-corrected chi connectivity index (χ4v) is 4.01. The molecule has 0 spiro atoms. The van der Waals surface area contributed by atoms with Crippen molar-refractivity contribution in [2.45, 2.75) is 6.73 Å². The van der Waals surface area contributed by atoms with E-state index in [1.807, 2.05) is 25.1 Å². The maximum atomic E-state index is 13.9. The zero-order chi connectivity index (χ0) is 27.4. The first-order chi connectivity index (χ1) is 18.0. The number of rotatable bonds is 9. The number of likely N-dealkylation sites (N-methyl/N-ethyl adjacent to an activating group) is 2. The van der Waals surface area contributed by atoms with Gasteiger partial charge in [-0.3, -0.25) is 14.3 Å². The van der Waals surface area contributed by atoms with Crippen LogP contribution < -0.4 is 4.90 Å². The second kappa shape index (κ2) is 11.3. The lowest BCUT2D eigenvalue weighted by Gasteiger charge is -2.16. The number of carbonyl (C=O) groups is 1. The van der Waals surface area contributed by atoms with Gasteiger partial charge in [0.1, 0.15) is 12.4 Å². The van der Waals surface area contributed by atoms with E-state index in [0.717, 1.165) is 0 Å². The van der Waals surface area contributed by atoms with Gasteiger partial charge in [-0.15, -0.1) is 0 Å². The average molecular weight is 540 g/mol. The summed E-state index contributed by atoms with van der Waals surface area (Å²) in [6, 6.07) is 6.48. The van der Waals surface area contributed by atoms with Crippen LogP contribution in [0.1, 0.15) is 0 Å². The van der Waals surface area contributed by atoms with E-state index < -0.39 is 20.5 Å². The Bertz CT molecular complexity index is 1550. The van der Waals surface area contributed by atoms with Crippen molar-refractivity contribution in [3.8, 4) is 22.3 Å². The van der Waals surface area contributed by atoms with E-state index in [2.05, 4.69) is 19.5 Å². The Morgan fingerprint density at radius 1 is 1.11 bits per heavy atom. The first-order valence-electron chi connectivity index (χ1n) is 11.4. The Morgan fingerprint density at radius 3 is 2.58 bits per heavy atom. The lowest BCUT2D eigenvalue weighted by molar-refractivity contribution is -0.113. The van der Waals surface area contributed by atoms with Gasteiger partial charge in [0.2, 0.25) is 11.9 Å². The normalized spacial score (nSPS) is 12.1. The van der Waals surface area contributed by atoms with Crippen molar-refractivity contribution in [1.82, 2.24) is 24.4 Å². The van der Waals surface area contributed by atoms with Gasteiger partial charge in [0.05, 0.1) is 11.9 Å². The molecule has 4 aromatic rings. The first-order valence-corrected chi connectivity index (χ1v) is 12.9. The van der Waals surface area contributed by atoms with Crippen molar-refractivity contribution in [2.75, 3.05) is 32.6 Å². The van der Waals surface area contributed by atoms with E-state index in [9.17, 15) is 13.8 Å². The molecular weight excluding hydrogens is 514 g/mol. The molecule has 0 atom stereocenters. The highest BCUT2D eigenvalue weighted by Crippen LogP contribution is 2.38. The van der Waals surface area contributed by atoms with Gasteiger partial charge < -0.3 is 24.2 Å². The van der Waals surface area contributed by atoms with Crippen molar-refractivity contribution in [2.24, 2.45) is 0 Å². The molecule has 11 nitrogen and oxygen atoms in total. The maximum absolute atomic E-state index is 13.9. The third-order valence-electron chi connectivity index (χ3n) is 5.62. The van der Waals surface area contributed by atoms with E-state index in [1.165, 1.54) is 27.8 Å². The van der Waals surface area contributed by atoms with E-state index in [0.29, 0.717) is 45.5 Å². The van der Waals surface area contributed by atoms with Gasteiger partial charge in [0.15, 0.2) is 0 Å². The molecule has 198 valence electrons. The summed E-state index contributed by atoms with van der Waals surface area (Å²) in [5, 5.41) is 0.587. The van der Waals surface area contributed by atoms with Crippen molar-refractivity contribution < 1.29 is 28.1 Å². The molecule has 4 aromatic heterocycles. The number of anilines is 1. The second-order valence-corrected chi connectivity index (χ2v) is 9.96. The zero-order valence-electron chi connectivity index (χ0n) is 20.9. The van der Waals surface area contributed by atoms with Crippen LogP contribution in [0.15, 0.2) is 67.4 Å². The third kappa shape index (κ3) is 6.55. The lowest BCUT2D eigenvalue weighted by Crippen LogP contribution is -2.24. The largest absolute Gasteiger partial charge is 0.471 e. The zero-order valence-corrected chi connectivity index (χ0v) is 21.8.